The number of hydrogen-bond acceptors (Lipinski definition) is 6. The van der Waals surface area contributed by atoms with Crippen LogP contribution in [0, 0.1) is 5.82 Å². The first-order chi connectivity index (χ1) is 15.2. The van der Waals surface area contributed by atoms with Crippen molar-refractivity contribution in [3.63, 3.8) is 0 Å². The van der Waals surface area contributed by atoms with Gasteiger partial charge in [-0.05, 0) is 47.5 Å². The van der Waals surface area contributed by atoms with Crippen LogP contribution in [0.3, 0.4) is 0 Å². The highest BCUT2D eigenvalue weighted by Gasteiger charge is 2.20. The molecule has 1 aliphatic heterocycles. The van der Waals surface area contributed by atoms with Gasteiger partial charge in [0.15, 0.2) is 16.6 Å². The molecule has 0 bridgehead atoms. The zero-order valence-corrected chi connectivity index (χ0v) is 17.0. The summed E-state index contributed by atoms with van der Waals surface area (Å²) in [6.45, 7) is 0.452. The van der Waals surface area contributed by atoms with Crippen molar-refractivity contribution in [2.24, 2.45) is 0 Å². The number of nitrogens with zero attached hydrogens (tertiary/aromatic N) is 3. The maximum atomic E-state index is 14.2. The Labute approximate surface area is 181 Å². The Balaban J connectivity index is 1.47. The van der Waals surface area contributed by atoms with Gasteiger partial charge in [0.1, 0.15) is 11.3 Å². The number of ether oxygens (including phenoxy) is 2. The summed E-state index contributed by atoms with van der Waals surface area (Å²) in [6, 6.07) is 13.9. The van der Waals surface area contributed by atoms with E-state index in [1.54, 1.807) is 42.7 Å². The summed E-state index contributed by atoms with van der Waals surface area (Å²) in [7, 11) is 0. The minimum absolute atomic E-state index is 0.189. The Kier molecular flexibility index (Phi) is 5.05. The van der Waals surface area contributed by atoms with Gasteiger partial charge >= 0.3 is 0 Å². The monoisotopic (exact) mass is 433 g/mol. The number of aromatic nitrogens is 2. The van der Waals surface area contributed by atoms with Crippen molar-refractivity contribution in [3.8, 4) is 11.5 Å². The number of anilines is 1. The van der Waals surface area contributed by atoms with E-state index in [0.717, 1.165) is 11.1 Å². The fourth-order valence-corrected chi connectivity index (χ4v) is 4.19. The molecule has 0 saturated carbocycles. The average molecular weight is 433 g/mol. The second-order valence-electron chi connectivity index (χ2n) is 6.81. The van der Waals surface area contributed by atoms with Crippen molar-refractivity contribution in [1.82, 2.24) is 9.97 Å². The molecule has 4 aromatic rings. The summed E-state index contributed by atoms with van der Waals surface area (Å²) in [4.78, 5) is 23.2. The van der Waals surface area contributed by atoms with Crippen molar-refractivity contribution in [3.05, 3.63) is 83.9 Å². The summed E-state index contributed by atoms with van der Waals surface area (Å²) in [6.07, 6.45) is 6.53. The van der Waals surface area contributed by atoms with Gasteiger partial charge in [-0.2, -0.15) is 0 Å². The number of hydrogen-bond donors (Lipinski definition) is 0. The fourth-order valence-electron chi connectivity index (χ4n) is 3.21. The quantitative estimate of drug-likeness (QED) is 0.423. The van der Waals surface area contributed by atoms with Gasteiger partial charge < -0.3 is 9.47 Å². The lowest BCUT2D eigenvalue weighted by atomic mass is 10.2. The van der Waals surface area contributed by atoms with Gasteiger partial charge in [0, 0.05) is 18.5 Å². The normalized spacial score (nSPS) is 12.5. The third-order valence-corrected chi connectivity index (χ3v) is 5.78. The van der Waals surface area contributed by atoms with E-state index < -0.39 is 5.82 Å². The van der Waals surface area contributed by atoms with Crippen molar-refractivity contribution in [1.29, 1.82) is 0 Å². The van der Waals surface area contributed by atoms with E-state index in [0.29, 0.717) is 21.3 Å². The molecule has 0 spiro atoms. The summed E-state index contributed by atoms with van der Waals surface area (Å²) < 4.78 is 25.5. The van der Waals surface area contributed by atoms with E-state index in [9.17, 15) is 9.18 Å². The van der Waals surface area contributed by atoms with Gasteiger partial charge in [-0.3, -0.25) is 14.7 Å². The highest BCUT2D eigenvalue weighted by Crippen LogP contribution is 2.33. The van der Waals surface area contributed by atoms with Crippen LogP contribution in [-0.2, 0) is 11.3 Å². The largest absolute Gasteiger partial charge is 0.454 e. The van der Waals surface area contributed by atoms with Crippen LogP contribution in [0.15, 0.2) is 67.0 Å². The zero-order valence-electron chi connectivity index (χ0n) is 16.2. The molecule has 0 radical (unpaired) electrons. The Morgan fingerprint density at radius 3 is 2.90 bits per heavy atom. The molecule has 2 aromatic carbocycles. The third-order valence-electron chi connectivity index (χ3n) is 4.73. The van der Waals surface area contributed by atoms with Crippen LogP contribution in [0.25, 0.3) is 16.3 Å². The molecule has 8 heteroatoms. The number of amides is 1. The van der Waals surface area contributed by atoms with E-state index in [-0.39, 0.29) is 24.8 Å². The van der Waals surface area contributed by atoms with E-state index in [1.807, 2.05) is 18.2 Å². The smallest absolute Gasteiger partial charge is 0.253 e. The molecule has 0 atom stereocenters. The Hall–Kier alpha value is -3.78. The summed E-state index contributed by atoms with van der Waals surface area (Å²) in [5, 5.41) is 0.421. The molecular formula is C23H16FN3O3S. The predicted molar refractivity (Wildman–Crippen MR) is 117 cm³/mol. The molecule has 6 nitrogen and oxygen atoms in total. The van der Waals surface area contributed by atoms with Crippen LogP contribution in [0.2, 0.25) is 0 Å². The maximum absolute atomic E-state index is 14.2. The first-order valence-corrected chi connectivity index (χ1v) is 10.3. The lowest BCUT2D eigenvalue weighted by Crippen LogP contribution is -2.28. The van der Waals surface area contributed by atoms with Crippen molar-refractivity contribution in [2.45, 2.75) is 6.54 Å². The topological polar surface area (TPSA) is 64.6 Å². The molecule has 0 N–H and O–H groups in total. The van der Waals surface area contributed by atoms with Gasteiger partial charge in [0.05, 0.1) is 11.2 Å². The molecule has 31 heavy (non-hydrogen) atoms. The maximum Gasteiger partial charge on any atom is 0.253 e. The van der Waals surface area contributed by atoms with Gasteiger partial charge in [-0.15, -0.1) is 0 Å². The van der Waals surface area contributed by atoms with Gasteiger partial charge in [-0.1, -0.05) is 29.5 Å². The van der Waals surface area contributed by atoms with Crippen molar-refractivity contribution < 1.29 is 18.7 Å². The van der Waals surface area contributed by atoms with E-state index in [2.05, 4.69) is 9.97 Å². The SMILES string of the molecule is O=C(C=Cc1ccc2c(c1)OCO2)N(Cc1cccnc1)c1nc2c(F)cccc2s1. The van der Waals surface area contributed by atoms with Crippen LogP contribution in [0.5, 0.6) is 11.5 Å². The number of para-hydroxylation sites is 1. The first-order valence-electron chi connectivity index (χ1n) is 9.50. The number of thiazole rings is 1. The van der Waals surface area contributed by atoms with E-state index in [4.69, 9.17) is 9.47 Å². The number of halogens is 1. The molecule has 5 rings (SSSR count). The average Bonchev–Trinajstić information content (AvgIpc) is 3.44. The van der Waals surface area contributed by atoms with E-state index >= 15 is 0 Å². The van der Waals surface area contributed by atoms with Gasteiger partial charge in [0.25, 0.3) is 5.91 Å². The molecule has 1 aliphatic rings. The molecule has 154 valence electrons. The number of carbonyl (C=O) groups is 1. The number of rotatable bonds is 5. The second-order valence-corrected chi connectivity index (χ2v) is 7.82. The van der Waals surface area contributed by atoms with Crippen LogP contribution >= 0.6 is 11.3 Å². The molecule has 0 fully saturated rings. The molecule has 0 unspecified atom stereocenters. The minimum atomic E-state index is -0.412. The molecule has 0 aliphatic carbocycles. The van der Waals surface area contributed by atoms with Crippen LogP contribution < -0.4 is 14.4 Å². The lowest BCUT2D eigenvalue weighted by Gasteiger charge is -2.18. The molecule has 0 saturated heterocycles. The number of benzene rings is 2. The highest BCUT2D eigenvalue weighted by atomic mass is 32.1. The standard InChI is InChI=1S/C23H16FN3O3S/c24-17-4-1-5-20-22(17)26-23(31-20)27(13-16-3-2-10-25-12-16)21(28)9-7-15-6-8-18-19(11-15)30-14-29-18/h1-12H,13-14H2. The van der Waals surface area contributed by atoms with Crippen LogP contribution in [0.4, 0.5) is 9.52 Å². The number of pyridine rings is 1. The Morgan fingerprint density at radius 1 is 1.16 bits per heavy atom. The summed E-state index contributed by atoms with van der Waals surface area (Å²) >= 11 is 1.27. The van der Waals surface area contributed by atoms with E-state index in [1.165, 1.54) is 28.4 Å². The van der Waals surface area contributed by atoms with Crippen LogP contribution in [0.1, 0.15) is 11.1 Å². The molecule has 1 amide bonds. The first kappa shape index (κ1) is 19.2. The Morgan fingerprint density at radius 2 is 2.06 bits per heavy atom. The highest BCUT2D eigenvalue weighted by molar-refractivity contribution is 7.22. The predicted octanol–water partition coefficient (Wildman–Crippen LogP) is 4.81. The molecule has 3 heterocycles. The Bertz CT molecular complexity index is 1290. The van der Waals surface area contributed by atoms with Crippen molar-refractivity contribution in [2.75, 3.05) is 11.7 Å². The number of carbonyl (C=O) groups excluding carboxylic acids is 1. The lowest BCUT2D eigenvalue weighted by molar-refractivity contribution is -0.114. The van der Waals surface area contributed by atoms with Gasteiger partial charge in [0.2, 0.25) is 6.79 Å². The van der Waals surface area contributed by atoms with Crippen molar-refractivity contribution >= 4 is 38.7 Å². The number of fused-ring (bicyclic) bond motifs is 2. The molecule has 2 aromatic heterocycles. The summed E-state index contributed by atoms with van der Waals surface area (Å²) in [5.41, 5.74) is 1.90. The van der Waals surface area contributed by atoms with Crippen LogP contribution in [-0.4, -0.2) is 22.7 Å². The molecular weight excluding hydrogens is 417 g/mol. The zero-order chi connectivity index (χ0) is 21.2. The second kappa shape index (κ2) is 8.16. The van der Waals surface area contributed by atoms with Gasteiger partial charge in [-0.25, -0.2) is 9.37 Å². The minimum Gasteiger partial charge on any atom is -0.454 e. The third kappa shape index (κ3) is 3.97. The summed E-state index contributed by atoms with van der Waals surface area (Å²) in [5.74, 6) is 0.632. The fraction of sp³-hybridized carbons (Fsp3) is 0.0870.